The number of nitrogens with zero attached hydrogens (tertiary/aromatic N) is 2. The minimum absolute atomic E-state index is 0.0332. The number of hydrogen-bond donors (Lipinski definition) is 6. The second kappa shape index (κ2) is 16.0. The molecule has 4 amide bonds. The lowest BCUT2D eigenvalue weighted by Crippen LogP contribution is -2.37. The third-order valence-electron chi connectivity index (χ3n) is 8.72. The summed E-state index contributed by atoms with van der Waals surface area (Å²) in [5, 5.41) is 25.2. The Balaban J connectivity index is 0.000000194. The van der Waals surface area contributed by atoms with E-state index in [2.05, 4.69) is 10.6 Å². The van der Waals surface area contributed by atoms with Crippen LogP contribution in [0.4, 0.5) is 22.7 Å². The van der Waals surface area contributed by atoms with E-state index in [4.69, 9.17) is 33.6 Å². The van der Waals surface area contributed by atoms with Crippen LogP contribution < -0.4 is 31.4 Å². The number of carbonyl (C=O) groups is 4. The van der Waals surface area contributed by atoms with Gasteiger partial charge in [-0.1, -0.05) is 23.2 Å². The van der Waals surface area contributed by atoms with Gasteiger partial charge >= 0.3 is 0 Å². The van der Waals surface area contributed by atoms with Crippen LogP contribution in [-0.4, -0.2) is 58.2 Å². The summed E-state index contributed by atoms with van der Waals surface area (Å²) < 4.78 is 0. The van der Waals surface area contributed by atoms with Crippen LogP contribution in [-0.2, 0) is 9.59 Å². The molecule has 12 nitrogen and oxygen atoms in total. The molecule has 6 N–H and O–H groups in total. The van der Waals surface area contributed by atoms with Crippen LogP contribution >= 0.6 is 23.2 Å². The van der Waals surface area contributed by atoms with Gasteiger partial charge in [-0.2, -0.15) is 0 Å². The van der Waals surface area contributed by atoms with Crippen LogP contribution in [0.25, 0.3) is 0 Å². The average molecular weight is 720 g/mol. The first-order chi connectivity index (χ1) is 24.0. The molecule has 2 aliphatic heterocycles. The second-order valence-electron chi connectivity index (χ2n) is 11.9. The summed E-state index contributed by atoms with van der Waals surface area (Å²) in [4.78, 5) is 51.1. The van der Waals surface area contributed by atoms with E-state index in [1.165, 1.54) is 0 Å². The van der Waals surface area contributed by atoms with E-state index in [0.717, 1.165) is 22.7 Å². The first-order valence-electron chi connectivity index (χ1n) is 15.8. The third-order valence-corrected chi connectivity index (χ3v) is 9.22. The van der Waals surface area contributed by atoms with Gasteiger partial charge in [0, 0.05) is 56.8 Å². The fraction of sp³-hybridized carbons (Fsp3) is 0.222. The molecule has 0 aliphatic carbocycles. The van der Waals surface area contributed by atoms with Crippen LogP contribution in [0.3, 0.4) is 0 Å². The first-order valence-corrected chi connectivity index (χ1v) is 16.5. The Kier molecular flexibility index (Phi) is 11.6. The Bertz CT molecular complexity index is 1690. The molecule has 2 aliphatic rings. The summed E-state index contributed by atoms with van der Waals surface area (Å²) in [5.41, 5.74) is 7.14. The van der Waals surface area contributed by atoms with E-state index in [9.17, 15) is 19.2 Å². The lowest BCUT2D eigenvalue weighted by Gasteiger charge is -2.26. The van der Waals surface area contributed by atoms with E-state index in [0.29, 0.717) is 34.0 Å². The summed E-state index contributed by atoms with van der Waals surface area (Å²) in [6.07, 6.45) is 0.755. The van der Waals surface area contributed by atoms with Crippen LogP contribution in [0, 0.1) is 0 Å². The number of halogens is 2. The van der Waals surface area contributed by atoms with Crippen molar-refractivity contribution in [3.8, 4) is 0 Å². The number of carbonyl (C=O) groups excluding carboxylic acids is 4. The molecule has 4 aromatic rings. The predicted molar refractivity (Wildman–Crippen MR) is 192 cm³/mol. The van der Waals surface area contributed by atoms with Crippen molar-refractivity contribution in [3.63, 3.8) is 0 Å². The summed E-state index contributed by atoms with van der Waals surface area (Å²) in [5.74, 6) is -1.04. The quantitative estimate of drug-likeness (QED) is 0.0936. The highest BCUT2D eigenvalue weighted by atomic mass is 35.5. The molecule has 0 unspecified atom stereocenters. The van der Waals surface area contributed by atoms with Gasteiger partial charge in [0.1, 0.15) is 0 Å². The molecule has 0 bridgehead atoms. The van der Waals surface area contributed by atoms with E-state index in [1.54, 1.807) is 93.6 Å². The van der Waals surface area contributed by atoms with Gasteiger partial charge in [0.25, 0.3) is 11.8 Å². The molecular formula is C36H36Cl2N6O6. The summed E-state index contributed by atoms with van der Waals surface area (Å²) in [7, 11) is 0. The number of anilines is 4. The molecule has 4 atom stereocenters. The van der Waals surface area contributed by atoms with Gasteiger partial charge < -0.3 is 20.4 Å². The molecule has 0 saturated carbocycles. The number of hydrogen-bond acceptors (Lipinski definition) is 8. The fourth-order valence-corrected chi connectivity index (χ4v) is 6.28. The minimum Gasteiger partial charge on any atom is -0.380 e. The zero-order valence-electron chi connectivity index (χ0n) is 27.1. The van der Waals surface area contributed by atoms with Crippen molar-refractivity contribution in [3.05, 3.63) is 118 Å². The maximum atomic E-state index is 12.4. The maximum absolute atomic E-state index is 12.4. The third kappa shape index (κ3) is 8.35. The van der Waals surface area contributed by atoms with Crippen LogP contribution in [0.2, 0.25) is 10.0 Å². The van der Waals surface area contributed by atoms with E-state index in [1.807, 2.05) is 38.1 Å². The molecule has 2 heterocycles. The molecular weight excluding hydrogens is 683 g/mol. The number of hydroxylamine groups is 2. The molecule has 2 fully saturated rings. The second-order valence-corrected chi connectivity index (χ2v) is 12.8. The van der Waals surface area contributed by atoms with Crippen molar-refractivity contribution >= 4 is 69.6 Å². The Hall–Kier alpha value is -5.14. The van der Waals surface area contributed by atoms with E-state index in [-0.39, 0.29) is 36.0 Å². The van der Waals surface area contributed by atoms with Gasteiger partial charge in [-0.15, -0.1) is 0 Å². The topological polar surface area (TPSA) is 163 Å². The lowest BCUT2D eigenvalue weighted by atomic mass is 10.1. The molecule has 0 radical (unpaired) electrons. The monoisotopic (exact) mass is 718 g/mol. The van der Waals surface area contributed by atoms with E-state index < -0.39 is 11.8 Å². The van der Waals surface area contributed by atoms with Crippen molar-refractivity contribution in [1.82, 2.24) is 11.0 Å². The molecule has 6 rings (SSSR count). The van der Waals surface area contributed by atoms with Crippen molar-refractivity contribution in [2.45, 2.75) is 50.9 Å². The van der Waals surface area contributed by atoms with Crippen molar-refractivity contribution in [2.24, 2.45) is 0 Å². The normalized spacial score (nSPS) is 19.8. The van der Waals surface area contributed by atoms with Crippen molar-refractivity contribution in [2.75, 3.05) is 20.4 Å². The molecule has 0 aromatic heterocycles. The number of amides is 4. The van der Waals surface area contributed by atoms with Gasteiger partial charge in [0.15, 0.2) is 0 Å². The molecule has 2 saturated heterocycles. The Morgan fingerprint density at radius 1 is 0.580 bits per heavy atom. The van der Waals surface area contributed by atoms with Crippen LogP contribution in [0.15, 0.2) is 97.1 Å². The molecule has 14 heteroatoms. The predicted octanol–water partition coefficient (Wildman–Crippen LogP) is 6.13. The Morgan fingerprint density at radius 2 is 0.900 bits per heavy atom. The maximum Gasteiger partial charge on any atom is 0.274 e. The Morgan fingerprint density at radius 3 is 1.20 bits per heavy atom. The summed E-state index contributed by atoms with van der Waals surface area (Å²) in [6, 6.07) is 27.6. The number of nitrogens with one attached hydrogen (secondary N) is 4. The fourth-order valence-electron chi connectivity index (χ4n) is 6.03. The highest BCUT2D eigenvalue weighted by Gasteiger charge is 2.38. The van der Waals surface area contributed by atoms with Crippen molar-refractivity contribution < 1.29 is 29.6 Å². The van der Waals surface area contributed by atoms with Gasteiger partial charge in [-0.3, -0.25) is 29.6 Å². The zero-order valence-corrected chi connectivity index (χ0v) is 28.7. The lowest BCUT2D eigenvalue weighted by molar-refractivity contribution is -0.118. The first kappa shape index (κ1) is 36.1. The molecule has 4 aromatic carbocycles. The largest absolute Gasteiger partial charge is 0.380 e. The van der Waals surface area contributed by atoms with Gasteiger partial charge in [0.05, 0.1) is 24.2 Å². The number of benzene rings is 4. The number of rotatable bonds is 8. The van der Waals surface area contributed by atoms with E-state index >= 15 is 0 Å². The highest BCUT2D eigenvalue weighted by Crippen LogP contribution is 2.31. The van der Waals surface area contributed by atoms with Gasteiger partial charge in [0.2, 0.25) is 11.8 Å². The average Bonchev–Trinajstić information content (AvgIpc) is 3.56. The molecule has 260 valence electrons. The van der Waals surface area contributed by atoms with Crippen LogP contribution in [0.5, 0.6) is 0 Å². The SMILES string of the molecule is C[C@@H]1[C@@H](Nc2ccc(C(=O)NO)cc2)CC(=O)N1c1ccc(Cl)cc1.C[C@H]1[C@H](Nc2ccc(C(=O)NO)cc2)CC(=O)N1c1ccc(Cl)cc1. The van der Waals surface area contributed by atoms with Crippen molar-refractivity contribution in [1.29, 1.82) is 0 Å². The standard InChI is InChI=1S/2C18H18ClN3O3/c2*1-11-16(20-14-6-2-12(3-7-14)18(24)21-25)10-17(23)22(11)15-8-4-13(19)5-9-15/h2*2-9,11,16,20,25H,10H2,1H3,(H,21,24)/t2*11-,16+/m10/s1. The summed E-state index contributed by atoms with van der Waals surface area (Å²) in [6.45, 7) is 3.98. The minimum atomic E-state index is -0.565. The van der Waals surface area contributed by atoms with Gasteiger partial charge in [-0.05, 0) is 111 Å². The molecule has 0 spiro atoms. The van der Waals surface area contributed by atoms with Gasteiger partial charge in [-0.25, -0.2) is 11.0 Å². The van der Waals surface area contributed by atoms with Crippen LogP contribution in [0.1, 0.15) is 47.4 Å². The highest BCUT2D eigenvalue weighted by molar-refractivity contribution is 6.31. The smallest absolute Gasteiger partial charge is 0.274 e. The molecule has 50 heavy (non-hydrogen) atoms. The zero-order chi connectivity index (χ0) is 35.9. The Labute approximate surface area is 298 Å². The summed E-state index contributed by atoms with van der Waals surface area (Å²) >= 11 is 11.8.